The molecule has 2 aromatic rings. The van der Waals surface area contributed by atoms with Crippen molar-refractivity contribution in [3.05, 3.63) is 59.4 Å². The number of hydrogen-bond acceptors (Lipinski definition) is 4. The van der Waals surface area contributed by atoms with E-state index in [1.165, 1.54) is 17.5 Å². The van der Waals surface area contributed by atoms with E-state index in [2.05, 4.69) is 27.3 Å². The molecule has 2 N–H and O–H groups in total. The van der Waals surface area contributed by atoms with E-state index in [1.54, 1.807) is 6.20 Å². The van der Waals surface area contributed by atoms with Crippen molar-refractivity contribution < 1.29 is 9.90 Å². The van der Waals surface area contributed by atoms with Crippen LogP contribution < -0.4 is 5.32 Å². The van der Waals surface area contributed by atoms with Gasteiger partial charge in [-0.2, -0.15) is 0 Å². The highest BCUT2D eigenvalue weighted by Gasteiger charge is 2.35. The van der Waals surface area contributed by atoms with Gasteiger partial charge < -0.3 is 10.4 Å². The predicted molar refractivity (Wildman–Crippen MR) is 101 cm³/mol. The molecule has 1 fully saturated rings. The highest BCUT2D eigenvalue weighted by Crippen LogP contribution is 2.31. The molecule has 1 aliphatic carbocycles. The molecule has 0 saturated carbocycles. The van der Waals surface area contributed by atoms with Gasteiger partial charge in [-0.05, 0) is 67.5 Å². The van der Waals surface area contributed by atoms with Gasteiger partial charge in [0.05, 0.1) is 12.2 Å². The summed E-state index contributed by atoms with van der Waals surface area (Å²) in [5, 5.41) is 13.8. The molecular formula is C21H25N3O2. The molecule has 136 valence electrons. The summed E-state index contributed by atoms with van der Waals surface area (Å²) in [7, 11) is 0. The number of carbonyl (C=O) groups is 1. The number of anilines is 1. The zero-order valence-electron chi connectivity index (χ0n) is 14.9. The number of piperidine rings is 1. The number of aryl methyl sites for hydroxylation is 2. The molecule has 1 aromatic carbocycles. The van der Waals surface area contributed by atoms with E-state index in [0.29, 0.717) is 32.5 Å². The standard InChI is InChI=1S/C21H25N3O2/c25-20(23-18-8-7-16-4-3-5-17(16)14-18)15-24-12-9-21(26,10-13-24)19-6-1-2-11-22-19/h1-2,6-8,11,14,26H,3-5,9-10,12-13,15H2,(H,23,25). The lowest BCUT2D eigenvalue weighted by atomic mass is 9.88. The largest absolute Gasteiger partial charge is 0.383 e. The molecule has 0 unspecified atom stereocenters. The average Bonchev–Trinajstić information content (AvgIpc) is 3.12. The van der Waals surface area contributed by atoms with Crippen LogP contribution in [0.5, 0.6) is 0 Å². The van der Waals surface area contributed by atoms with E-state index < -0.39 is 5.60 Å². The van der Waals surface area contributed by atoms with Crippen molar-refractivity contribution in [2.45, 2.75) is 37.7 Å². The van der Waals surface area contributed by atoms with Crippen LogP contribution in [0.3, 0.4) is 0 Å². The number of carbonyl (C=O) groups excluding carboxylic acids is 1. The number of amides is 1. The maximum atomic E-state index is 12.4. The Balaban J connectivity index is 1.31. The van der Waals surface area contributed by atoms with Crippen LogP contribution >= 0.6 is 0 Å². The van der Waals surface area contributed by atoms with Gasteiger partial charge in [0.1, 0.15) is 5.60 Å². The highest BCUT2D eigenvalue weighted by atomic mass is 16.3. The Morgan fingerprint density at radius 1 is 1.15 bits per heavy atom. The Hall–Kier alpha value is -2.24. The summed E-state index contributed by atoms with van der Waals surface area (Å²) >= 11 is 0. The predicted octanol–water partition coefficient (Wildman–Crippen LogP) is 2.49. The van der Waals surface area contributed by atoms with E-state index >= 15 is 0 Å². The van der Waals surface area contributed by atoms with Gasteiger partial charge in [-0.3, -0.25) is 14.7 Å². The van der Waals surface area contributed by atoms with Gasteiger partial charge in [0, 0.05) is 25.0 Å². The fourth-order valence-electron chi connectivity index (χ4n) is 4.03. The van der Waals surface area contributed by atoms with Crippen LogP contribution in [-0.4, -0.2) is 40.5 Å². The third-order valence-electron chi connectivity index (χ3n) is 5.57. The molecular weight excluding hydrogens is 326 g/mol. The van der Waals surface area contributed by atoms with E-state index in [1.807, 2.05) is 24.3 Å². The summed E-state index contributed by atoms with van der Waals surface area (Å²) < 4.78 is 0. The van der Waals surface area contributed by atoms with Crippen LogP contribution in [0.2, 0.25) is 0 Å². The number of aromatic nitrogens is 1. The maximum absolute atomic E-state index is 12.4. The van der Waals surface area contributed by atoms with Gasteiger partial charge in [-0.25, -0.2) is 0 Å². The van der Waals surface area contributed by atoms with Crippen LogP contribution in [0.1, 0.15) is 36.1 Å². The zero-order valence-corrected chi connectivity index (χ0v) is 14.9. The molecule has 0 atom stereocenters. The van der Waals surface area contributed by atoms with Crippen molar-refractivity contribution >= 4 is 11.6 Å². The lowest BCUT2D eigenvalue weighted by Gasteiger charge is -2.37. The Morgan fingerprint density at radius 2 is 1.96 bits per heavy atom. The number of hydrogen-bond donors (Lipinski definition) is 2. The molecule has 0 spiro atoms. The number of pyridine rings is 1. The molecule has 5 nitrogen and oxygen atoms in total. The lowest BCUT2D eigenvalue weighted by molar-refractivity contribution is -0.118. The normalized spacial score (nSPS) is 19.1. The van der Waals surface area contributed by atoms with Gasteiger partial charge >= 0.3 is 0 Å². The number of nitrogens with one attached hydrogen (secondary N) is 1. The van der Waals surface area contributed by atoms with Crippen molar-refractivity contribution in [3.8, 4) is 0 Å². The Labute approximate surface area is 154 Å². The first kappa shape index (κ1) is 17.2. The SMILES string of the molecule is O=C(CN1CCC(O)(c2ccccn2)CC1)Nc1ccc2c(c1)CCC2. The quantitative estimate of drug-likeness (QED) is 0.888. The number of likely N-dealkylation sites (tertiary alicyclic amines) is 1. The third kappa shape index (κ3) is 3.64. The number of fused-ring (bicyclic) bond motifs is 1. The molecule has 1 saturated heterocycles. The summed E-state index contributed by atoms with van der Waals surface area (Å²) in [5.74, 6) is 0.00576. The average molecular weight is 351 g/mol. The molecule has 1 aliphatic heterocycles. The molecule has 26 heavy (non-hydrogen) atoms. The van der Waals surface area contributed by atoms with Crippen LogP contribution in [0.4, 0.5) is 5.69 Å². The van der Waals surface area contributed by atoms with Crippen LogP contribution in [0.25, 0.3) is 0 Å². The fourth-order valence-corrected chi connectivity index (χ4v) is 4.03. The molecule has 0 radical (unpaired) electrons. The highest BCUT2D eigenvalue weighted by molar-refractivity contribution is 5.92. The number of nitrogens with zero attached hydrogens (tertiary/aromatic N) is 2. The summed E-state index contributed by atoms with van der Waals surface area (Å²) in [6.45, 7) is 1.73. The van der Waals surface area contributed by atoms with Crippen LogP contribution in [0.15, 0.2) is 42.6 Å². The second-order valence-corrected chi connectivity index (χ2v) is 7.41. The van der Waals surface area contributed by atoms with E-state index in [4.69, 9.17) is 0 Å². The second-order valence-electron chi connectivity index (χ2n) is 7.41. The molecule has 2 heterocycles. The molecule has 0 bridgehead atoms. The van der Waals surface area contributed by atoms with Crippen molar-refractivity contribution in [2.75, 3.05) is 25.0 Å². The minimum absolute atomic E-state index is 0.00576. The molecule has 5 heteroatoms. The van der Waals surface area contributed by atoms with E-state index in [9.17, 15) is 9.90 Å². The lowest BCUT2D eigenvalue weighted by Crippen LogP contribution is -2.45. The second kappa shape index (κ2) is 7.17. The van der Waals surface area contributed by atoms with Gasteiger partial charge in [-0.1, -0.05) is 12.1 Å². The molecule has 1 aromatic heterocycles. The van der Waals surface area contributed by atoms with Crippen molar-refractivity contribution in [1.82, 2.24) is 9.88 Å². The number of benzene rings is 1. The third-order valence-corrected chi connectivity index (χ3v) is 5.57. The van der Waals surface area contributed by atoms with Crippen molar-refractivity contribution in [1.29, 1.82) is 0 Å². The van der Waals surface area contributed by atoms with Gasteiger partial charge in [0.15, 0.2) is 0 Å². The minimum Gasteiger partial charge on any atom is -0.383 e. The van der Waals surface area contributed by atoms with Crippen molar-refractivity contribution in [3.63, 3.8) is 0 Å². The summed E-state index contributed by atoms with van der Waals surface area (Å²) in [4.78, 5) is 18.8. The monoisotopic (exact) mass is 351 g/mol. The smallest absolute Gasteiger partial charge is 0.238 e. The van der Waals surface area contributed by atoms with Gasteiger partial charge in [0.25, 0.3) is 0 Å². The summed E-state index contributed by atoms with van der Waals surface area (Å²) in [5.41, 5.74) is 3.50. The molecule has 2 aliphatic rings. The first-order valence-corrected chi connectivity index (χ1v) is 9.40. The van der Waals surface area contributed by atoms with E-state index in [0.717, 1.165) is 24.2 Å². The molecule has 1 amide bonds. The minimum atomic E-state index is -0.881. The first-order valence-electron chi connectivity index (χ1n) is 9.40. The molecule has 4 rings (SSSR count). The topological polar surface area (TPSA) is 65.5 Å². The summed E-state index contributed by atoms with van der Waals surface area (Å²) in [6.07, 6.45) is 6.36. The fraction of sp³-hybridized carbons (Fsp3) is 0.429. The van der Waals surface area contributed by atoms with E-state index in [-0.39, 0.29) is 5.91 Å². The maximum Gasteiger partial charge on any atom is 0.238 e. The van der Waals surface area contributed by atoms with Gasteiger partial charge in [-0.15, -0.1) is 0 Å². The van der Waals surface area contributed by atoms with Gasteiger partial charge in [0.2, 0.25) is 5.91 Å². The van der Waals surface area contributed by atoms with Crippen LogP contribution in [-0.2, 0) is 23.2 Å². The van der Waals surface area contributed by atoms with Crippen molar-refractivity contribution in [2.24, 2.45) is 0 Å². The Bertz CT molecular complexity index is 783. The number of rotatable bonds is 4. The summed E-state index contributed by atoms with van der Waals surface area (Å²) in [6, 6.07) is 11.9. The Morgan fingerprint density at radius 3 is 2.73 bits per heavy atom. The Kier molecular flexibility index (Phi) is 4.74. The van der Waals surface area contributed by atoms with Crippen LogP contribution in [0, 0.1) is 0 Å². The first-order chi connectivity index (χ1) is 12.6. The number of aliphatic hydroxyl groups is 1. The zero-order chi connectivity index (χ0) is 18.0.